The second-order valence-electron chi connectivity index (χ2n) is 6.84. The molecule has 0 spiro atoms. The summed E-state index contributed by atoms with van der Waals surface area (Å²) in [6.45, 7) is 0.488. The van der Waals surface area contributed by atoms with Crippen molar-refractivity contribution in [2.24, 2.45) is 5.92 Å². The number of carbonyl (C=O) groups is 2. The number of rotatable bonds is 7. The maximum Gasteiger partial charge on any atom is 0.340 e. The first-order chi connectivity index (χ1) is 14.8. The SMILES string of the molecule is COC(=O)c1cc(OC)c(OC)cc1NC(=O)C1CCN(S(=O)(=O)c2cccs2)CC1. The molecule has 1 aromatic heterocycles. The minimum Gasteiger partial charge on any atom is -0.493 e. The Hall–Kier alpha value is -2.63. The van der Waals surface area contributed by atoms with Gasteiger partial charge in [-0.1, -0.05) is 6.07 Å². The van der Waals surface area contributed by atoms with Crippen molar-refractivity contribution in [2.45, 2.75) is 17.1 Å². The molecule has 11 heteroatoms. The fraction of sp³-hybridized carbons (Fsp3) is 0.400. The zero-order chi connectivity index (χ0) is 22.6. The molecule has 9 nitrogen and oxygen atoms in total. The summed E-state index contributed by atoms with van der Waals surface area (Å²) in [4.78, 5) is 25.1. The molecule has 0 atom stereocenters. The molecule has 0 saturated carbocycles. The Bertz CT molecular complexity index is 1040. The zero-order valence-electron chi connectivity index (χ0n) is 17.4. The number of nitrogens with one attached hydrogen (secondary N) is 1. The number of anilines is 1. The molecule has 1 fully saturated rings. The normalized spacial score (nSPS) is 15.3. The van der Waals surface area contributed by atoms with E-state index in [2.05, 4.69) is 5.32 Å². The largest absolute Gasteiger partial charge is 0.493 e. The first kappa shape index (κ1) is 23.0. The molecule has 2 heterocycles. The van der Waals surface area contributed by atoms with E-state index in [1.54, 1.807) is 17.5 Å². The van der Waals surface area contributed by atoms with Gasteiger partial charge in [0, 0.05) is 31.1 Å². The van der Waals surface area contributed by atoms with E-state index in [1.165, 1.54) is 49.1 Å². The van der Waals surface area contributed by atoms with E-state index in [0.29, 0.717) is 28.5 Å². The number of amides is 1. The van der Waals surface area contributed by atoms with Gasteiger partial charge in [0.05, 0.1) is 32.6 Å². The number of hydrogen-bond donors (Lipinski definition) is 1. The number of nitrogens with zero attached hydrogens (tertiary/aromatic N) is 1. The van der Waals surface area contributed by atoms with Crippen LogP contribution in [0.4, 0.5) is 5.69 Å². The molecule has 0 unspecified atom stereocenters. The number of methoxy groups -OCH3 is 3. The maximum atomic E-state index is 12.9. The van der Waals surface area contributed by atoms with Crippen LogP contribution in [0, 0.1) is 5.92 Å². The van der Waals surface area contributed by atoms with Crippen molar-refractivity contribution in [2.75, 3.05) is 39.7 Å². The molecule has 168 valence electrons. The number of piperidine rings is 1. The van der Waals surface area contributed by atoms with E-state index in [-0.39, 0.29) is 30.2 Å². The van der Waals surface area contributed by atoms with Crippen molar-refractivity contribution >= 4 is 38.9 Å². The highest BCUT2D eigenvalue weighted by molar-refractivity contribution is 7.91. The number of sulfonamides is 1. The molecular weight excluding hydrogens is 444 g/mol. The summed E-state index contributed by atoms with van der Waals surface area (Å²) in [6.07, 6.45) is 0.745. The van der Waals surface area contributed by atoms with E-state index < -0.39 is 21.9 Å². The highest BCUT2D eigenvalue weighted by atomic mass is 32.2. The lowest BCUT2D eigenvalue weighted by Crippen LogP contribution is -2.41. The molecule has 0 radical (unpaired) electrons. The van der Waals surface area contributed by atoms with E-state index in [4.69, 9.17) is 14.2 Å². The first-order valence-corrected chi connectivity index (χ1v) is 11.8. The summed E-state index contributed by atoms with van der Waals surface area (Å²) < 4.78 is 42.3. The Morgan fingerprint density at radius 1 is 1.10 bits per heavy atom. The smallest absolute Gasteiger partial charge is 0.340 e. The number of carbonyl (C=O) groups excluding carboxylic acids is 2. The van der Waals surface area contributed by atoms with Gasteiger partial charge in [-0.15, -0.1) is 11.3 Å². The zero-order valence-corrected chi connectivity index (χ0v) is 19.0. The fourth-order valence-corrected chi connectivity index (χ4v) is 6.01. The number of ether oxygens (including phenoxy) is 3. The summed E-state index contributed by atoms with van der Waals surface area (Å²) in [5.74, 6) is -0.651. The highest BCUT2D eigenvalue weighted by Gasteiger charge is 2.33. The van der Waals surface area contributed by atoms with Gasteiger partial charge in [0.2, 0.25) is 5.91 Å². The Morgan fingerprint density at radius 3 is 2.29 bits per heavy atom. The van der Waals surface area contributed by atoms with Crippen molar-refractivity contribution in [3.63, 3.8) is 0 Å². The Balaban J connectivity index is 1.73. The minimum atomic E-state index is -3.54. The van der Waals surface area contributed by atoms with E-state index in [1.807, 2.05) is 0 Å². The van der Waals surface area contributed by atoms with Gasteiger partial charge < -0.3 is 19.5 Å². The van der Waals surface area contributed by atoms with Gasteiger partial charge in [0.15, 0.2) is 11.5 Å². The molecule has 1 aliphatic heterocycles. The predicted octanol–water partition coefficient (Wildman–Crippen LogP) is 2.59. The van der Waals surface area contributed by atoms with Crippen molar-refractivity contribution in [1.82, 2.24) is 4.31 Å². The van der Waals surface area contributed by atoms with Crippen LogP contribution in [-0.4, -0.2) is 59.0 Å². The quantitative estimate of drug-likeness (QED) is 0.622. The van der Waals surface area contributed by atoms with Crippen LogP contribution in [0.3, 0.4) is 0 Å². The molecule has 0 bridgehead atoms. The molecule has 2 aromatic rings. The van der Waals surface area contributed by atoms with Gasteiger partial charge in [-0.05, 0) is 24.3 Å². The van der Waals surface area contributed by atoms with Gasteiger partial charge >= 0.3 is 5.97 Å². The molecule has 31 heavy (non-hydrogen) atoms. The van der Waals surface area contributed by atoms with Gasteiger partial charge in [-0.3, -0.25) is 4.79 Å². The van der Waals surface area contributed by atoms with E-state index in [0.717, 1.165) is 0 Å². The number of thiophene rings is 1. The average molecular weight is 469 g/mol. The van der Waals surface area contributed by atoms with Crippen molar-refractivity contribution in [1.29, 1.82) is 0 Å². The van der Waals surface area contributed by atoms with Crippen LogP contribution < -0.4 is 14.8 Å². The molecule has 1 N–H and O–H groups in total. The van der Waals surface area contributed by atoms with E-state index >= 15 is 0 Å². The standard InChI is InChI=1S/C20H24N2O7S2/c1-27-16-11-14(20(24)29-3)15(12-17(16)28-2)21-19(23)13-6-8-22(9-7-13)31(25,26)18-5-4-10-30-18/h4-5,10-13H,6-9H2,1-3H3,(H,21,23). The molecule has 1 aliphatic rings. The number of benzene rings is 1. The van der Waals surface area contributed by atoms with Crippen LogP contribution in [-0.2, 0) is 19.6 Å². The lowest BCUT2D eigenvalue weighted by molar-refractivity contribution is -0.120. The maximum absolute atomic E-state index is 12.9. The van der Waals surface area contributed by atoms with Crippen LogP contribution >= 0.6 is 11.3 Å². The molecule has 1 aromatic carbocycles. The fourth-order valence-electron chi connectivity index (χ4n) is 3.39. The summed E-state index contributed by atoms with van der Waals surface area (Å²) in [6, 6.07) is 6.21. The molecule has 1 amide bonds. The second kappa shape index (κ2) is 9.67. The van der Waals surface area contributed by atoms with Gasteiger partial charge in [-0.25, -0.2) is 13.2 Å². The summed E-state index contributed by atoms with van der Waals surface area (Å²) in [5.41, 5.74) is 0.370. The predicted molar refractivity (Wildman–Crippen MR) is 115 cm³/mol. The lowest BCUT2D eigenvalue weighted by Gasteiger charge is -2.30. The third kappa shape index (κ3) is 4.83. The Kier molecular flexibility index (Phi) is 7.19. The first-order valence-electron chi connectivity index (χ1n) is 9.50. The Labute approximate surface area is 185 Å². The topological polar surface area (TPSA) is 111 Å². The lowest BCUT2D eigenvalue weighted by atomic mass is 9.97. The molecule has 0 aliphatic carbocycles. The molecule has 3 rings (SSSR count). The summed E-state index contributed by atoms with van der Waals surface area (Å²) in [5, 5.41) is 4.48. The number of esters is 1. The van der Waals surface area contributed by atoms with E-state index in [9.17, 15) is 18.0 Å². The highest BCUT2D eigenvalue weighted by Crippen LogP contribution is 2.34. The number of hydrogen-bond acceptors (Lipinski definition) is 8. The average Bonchev–Trinajstić information content (AvgIpc) is 3.34. The molecular formula is C20H24N2O7S2. The van der Waals surface area contributed by atoms with Crippen LogP contribution in [0.1, 0.15) is 23.2 Å². The van der Waals surface area contributed by atoms with Gasteiger partial charge in [0.1, 0.15) is 4.21 Å². The Morgan fingerprint density at radius 2 is 1.74 bits per heavy atom. The third-order valence-electron chi connectivity index (χ3n) is 5.10. The second-order valence-corrected chi connectivity index (χ2v) is 9.96. The van der Waals surface area contributed by atoms with Crippen LogP contribution in [0.2, 0.25) is 0 Å². The van der Waals surface area contributed by atoms with Crippen LogP contribution in [0.25, 0.3) is 0 Å². The van der Waals surface area contributed by atoms with Crippen molar-refractivity contribution in [3.8, 4) is 11.5 Å². The van der Waals surface area contributed by atoms with Crippen molar-refractivity contribution in [3.05, 3.63) is 35.2 Å². The van der Waals surface area contributed by atoms with Crippen LogP contribution in [0.5, 0.6) is 11.5 Å². The summed E-state index contributed by atoms with van der Waals surface area (Å²) in [7, 11) is 0.597. The summed E-state index contributed by atoms with van der Waals surface area (Å²) >= 11 is 1.17. The molecule has 1 saturated heterocycles. The third-order valence-corrected chi connectivity index (χ3v) is 8.37. The van der Waals surface area contributed by atoms with Crippen molar-refractivity contribution < 1.29 is 32.2 Å². The monoisotopic (exact) mass is 468 g/mol. The van der Waals surface area contributed by atoms with Crippen LogP contribution in [0.15, 0.2) is 33.9 Å². The van der Waals surface area contributed by atoms with Gasteiger partial charge in [0.25, 0.3) is 10.0 Å². The van der Waals surface area contributed by atoms with Gasteiger partial charge in [-0.2, -0.15) is 4.31 Å². The minimum absolute atomic E-state index is 0.131.